The van der Waals surface area contributed by atoms with Crippen LogP contribution in [-0.2, 0) is 13.0 Å². The van der Waals surface area contributed by atoms with Gasteiger partial charge in [0.1, 0.15) is 0 Å². The Morgan fingerprint density at radius 2 is 2.40 bits per heavy atom. The van der Waals surface area contributed by atoms with Crippen LogP contribution in [0.15, 0.2) is 18.2 Å². The van der Waals surface area contributed by atoms with E-state index in [9.17, 15) is 0 Å². The molecule has 0 fully saturated rings. The molecule has 0 spiro atoms. The van der Waals surface area contributed by atoms with Crippen LogP contribution in [0.5, 0.6) is 0 Å². The van der Waals surface area contributed by atoms with Crippen molar-refractivity contribution in [2.24, 2.45) is 5.73 Å². The van der Waals surface area contributed by atoms with Gasteiger partial charge < -0.3 is 5.73 Å². The van der Waals surface area contributed by atoms with E-state index in [1.165, 1.54) is 5.56 Å². The van der Waals surface area contributed by atoms with Gasteiger partial charge in [0.05, 0.1) is 0 Å². The van der Waals surface area contributed by atoms with Crippen molar-refractivity contribution in [1.82, 2.24) is 0 Å². The molecule has 1 nitrogen and oxygen atoms in total. The normalized spacial score (nSPS) is 9.80. The van der Waals surface area contributed by atoms with Crippen LogP contribution in [0.3, 0.4) is 0 Å². The number of hydrogen-bond acceptors (Lipinski definition) is 1. The van der Waals surface area contributed by atoms with Crippen molar-refractivity contribution in [2.45, 2.75) is 19.9 Å². The smallest absolute Gasteiger partial charge is 0.0187 e. The minimum atomic E-state index is 0.601. The van der Waals surface area contributed by atoms with E-state index in [0.29, 0.717) is 6.54 Å². The summed E-state index contributed by atoms with van der Waals surface area (Å²) in [4.78, 5) is 0. The van der Waals surface area contributed by atoms with Crippen LogP contribution in [-0.4, -0.2) is 0 Å². The maximum atomic E-state index is 5.49. The number of benzene rings is 1. The van der Waals surface area contributed by atoms with E-state index >= 15 is 0 Å². The first kappa shape index (κ1) is 7.29. The Balaban J connectivity index is 2.96. The van der Waals surface area contributed by atoms with Crippen molar-refractivity contribution in [1.29, 1.82) is 0 Å². The first-order valence-corrected chi connectivity index (χ1v) is 3.57. The number of nitrogens with two attached hydrogens (primary N) is 1. The van der Waals surface area contributed by atoms with Crippen LogP contribution in [0.4, 0.5) is 0 Å². The van der Waals surface area contributed by atoms with Crippen molar-refractivity contribution in [2.75, 3.05) is 0 Å². The predicted octanol–water partition coefficient (Wildman–Crippen LogP) is 1.51. The maximum absolute atomic E-state index is 5.49. The average molecular weight is 134 g/mol. The highest BCUT2D eigenvalue weighted by atomic mass is 14.5. The average Bonchev–Trinajstić information content (AvgIpc) is 2.04. The first-order chi connectivity index (χ1) is 4.88. The van der Waals surface area contributed by atoms with Crippen LogP contribution in [0.1, 0.15) is 18.1 Å². The van der Waals surface area contributed by atoms with Gasteiger partial charge in [0.15, 0.2) is 0 Å². The lowest BCUT2D eigenvalue weighted by Gasteiger charge is -2.01. The molecule has 10 heavy (non-hydrogen) atoms. The highest BCUT2D eigenvalue weighted by Crippen LogP contribution is 2.06. The van der Waals surface area contributed by atoms with E-state index in [2.05, 4.69) is 19.1 Å². The third-order valence-corrected chi connectivity index (χ3v) is 1.62. The standard InChI is InChI=1S/C9H12N/c1-2-8-5-3-4-6-9(8)7-10/h3-5H,2,7,10H2,1H3. The summed E-state index contributed by atoms with van der Waals surface area (Å²) >= 11 is 0. The summed E-state index contributed by atoms with van der Waals surface area (Å²) < 4.78 is 0. The van der Waals surface area contributed by atoms with Gasteiger partial charge >= 0.3 is 0 Å². The lowest BCUT2D eigenvalue weighted by molar-refractivity contribution is 1.00. The zero-order valence-corrected chi connectivity index (χ0v) is 6.22. The Hall–Kier alpha value is -0.820. The van der Waals surface area contributed by atoms with Crippen molar-refractivity contribution in [3.63, 3.8) is 0 Å². The molecule has 0 heterocycles. The second kappa shape index (κ2) is 3.37. The van der Waals surface area contributed by atoms with Crippen LogP contribution in [0, 0.1) is 6.07 Å². The molecule has 0 bridgehead atoms. The van der Waals surface area contributed by atoms with Crippen LogP contribution in [0.25, 0.3) is 0 Å². The van der Waals surface area contributed by atoms with Crippen LogP contribution in [0.2, 0.25) is 0 Å². The second-order valence-corrected chi connectivity index (χ2v) is 2.23. The number of rotatable bonds is 2. The zero-order chi connectivity index (χ0) is 7.40. The minimum Gasteiger partial charge on any atom is -0.326 e. The molecule has 0 aromatic heterocycles. The van der Waals surface area contributed by atoms with E-state index in [4.69, 9.17) is 5.73 Å². The molecule has 0 saturated carbocycles. The van der Waals surface area contributed by atoms with E-state index in [-0.39, 0.29) is 0 Å². The van der Waals surface area contributed by atoms with Gasteiger partial charge in [-0.2, -0.15) is 0 Å². The molecular weight excluding hydrogens is 122 g/mol. The Labute approximate surface area is 61.9 Å². The Morgan fingerprint density at radius 1 is 1.60 bits per heavy atom. The summed E-state index contributed by atoms with van der Waals surface area (Å²) in [6, 6.07) is 9.11. The molecule has 0 amide bonds. The van der Waals surface area contributed by atoms with Gasteiger partial charge in [-0.25, -0.2) is 0 Å². The van der Waals surface area contributed by atoms with Gasteiger partial charge in [-0.05, 0) is 23.6 Å². The van der Waals surface area contributed by atoms with Gasteiger partial charge in [-0.3, -0.25) is 0 Å². The molecule has 1 aromatic carbocycles. The second-order valence-electron chi connectivity index (χ2n) is 2.23. The van der Waals surface area contributed by atoms with Crippen molar-refractivity contribution in [3.8, 4) is 0 Å². The maximum Gasteiger partial charge on any atom is 0.0187 e. The van der Waals surface area contributed by atoms with E-state index in [1.54, 1.807) is 0 Å². The largest absolute Gasteiger partial charge is 0.326 e. The first-order valence-electron chi connectivity index (χ1n) is 3.57. The molecule has 1 rings (SSSR count). The summed E-state index contributed by atoms with van der Waals surface area (Å²) in [5.74, 6) is 0. The molecule has 0 saturated heterocycles. The number of hydrogen-bond donors (Lipinski definition) is 1. The molecule has 0 aliphatic heterocycles. The zero-order valence-electron chi connectivity index (χ0n) is 6.22. The molecule has 0 aliphatic carbocycles. The van der Waals surface area contributed by atoms with Crippen LogP contribution >= 0.6 is 0 Å². The van der Waals surface area contributed by atoms with E-state index < -0.39 is 0 Å². The summed E-state index contributed by atoms with van der Waals surface area (Å²) in [7, 11) is 0. The Morgan fingerprint density at radius 3 is 2.90 bits per heavy atom. The van der Waals surface area contributed by atoms with Crippen molar-refractivity contribution in [3.05, 3.63) is 35.4 Å². The molecular formula is C9H12N. The summed E-state index contributed by atoms with van der Waals surface area (Å²) in [5, 5.41) is 0. The third kappa shape index (κ3) is 1.36. The fraction of sp³-hybridized carbons (Fsp3) is 0.333. The van der Waals surface area contributed by atoms with Gasteiger partial charge in [-0.1, -0.05) is 25.1 Å². The summed E-state index contributed by atoms with van der Waals surface area (Å²) in [6.07, 6.45) is 1.05. The monoisotopic (exact) mass is 134 g/mol. The SMILES string of the molecule is CCc1ccc[c]c1CN. The Bertz CT molecular complexity index is 183. The third-order valence-electron chi connectivity index (χ3n) is 1.62. The fourth-order valence-corrected chi connectivity index (χ4v) is 1.03. The molecule has 53 valence electrons. The van der Waals surface area contributed by atoms with Gasteiger partial charge in [0.25, 0.3) is 0 Å². The fourth-order valence-electron chi connectivity index (χ4n) is 1.03. The van der Waals surface area contributed by atoms with Gasteiger partial charge in [-0.15, -0.1) is 0 Å². The lowest BCUT2D eigenvalue weighted by Crippen LogP contribution is -2.00. The minimum absolute atomic E-state index is 0.601. The summed E-state index contributed by atoms with van der Waals surface area (Å²) in [6.45, 7) is 2.73. The molecule has 1 radical (unpaired) electrons. The predicted molar refractivity (Wildman–Crippen MR) is 42.5 cm³/mol. The van der Waals surface area contributed by atoms with E-state index in [0.717, 1.165) is 12.0 Å². The summed E-state index contributed by atoms with van der Waals surface area (Å²) in [5.41, 5.74) is 7.95. The van der Waals surface area contributed by atoms with Gasteiger partial charge in [0.2, 0.25) is 0 Å². The molecule has 0 atom stereocenters. The van der Waals surface area contributed by atoms with Gasteiger partial charge in [0, 0.05) is 6.54 Å². The highest BCUT2D eigenvalue weighted by Gasteiger charge is 1.94. The highest BCUT2D eigenvalue weighted by molar-refractivity contribution is 5.25. The topological polar surface area (TPSA) is 26.0 Å². The van der Waals surface area contributed by atoms with Crippen LogP contribution < -0.4 is 5.73 Å². The molecule has 1 aromatic rings. The van der Waals surface area contributed by atoms with E-state index in [1.807, 2.05) is 12.1 Å². The molecule has 2 N–H and O–H groups in total. The lowest BCUT2D eigenvalue weighted by atomic mass is 10.1. The molecule has 0 aliphatic rings. The van der Waals surface area contributed by atoms with Crippen molar-refractivity contribution >= 4 is 0 Å². The quantitative estimate of drug-likeness (QED) is 0.651. The number of aryl methyl sites for hydroxylation is 1. The van der Waals surface area contributed by atoms with Crippen molar-refractivity contribution < 1.29 is 0 Å². The molecule has 0 unspecified atom stereocenters. The Kier molecular flexibility index (Phi) is 2.46. The molecule has 1 heteroatoms.